The second-order valence-electron chi connectivity index (χ2n) is 5.29. The predicted octanol–water partition coefficient (Wildman–Crippen LogP) is 0.0948. The Kier molecular flexibility index (Phi) is 5.41. The summed E-state index contributed by atoms with van der Waals surface area (Å²) in [4.78, 5) is 14.1. The first-order chi connectivity index (χ1) is 8.79. The number of nitrogens with zero attached hydrogens (tertiary/aromatic N) is 1. The Morgan fingerprint density at radius 2 is 2.22 bits per heavy atom. The topological polar surface area (TPSA) is 67.6 Å². The predicted molar refractivity (Wildman–Crippen MR) is 70.3 cm³/mol. The second kappa shape index (κ2) is 7.07. The van der Waals surface area contributed by atoms with Crippen LogP contribution in [0.4, 0.5) is 0 Å². The van der Waals surface area contributed by atoms with E-state index in [1.807, 2.05) is 0 Å². The number of rotatable bonds is 5. The molecule has 2 atom stereocenters. The summed E-state index contributed by atoms with van der Waals surface area (Å²) < 4.78 is 5.49. The normalized spacial score (nSPS) is 29.4. The fraction of sp³-hybridized carbons (Fsp3) is 0.923. The first-order valence-corrected chi connectivity index (χ1v) is 7.12. The molecule has 5 heteroatoms. The van der Waals surface area contributed by atoms with Crippen LogP contribution in [0.2, 0.25) is 0 Å². The summed E-state index contributed by atoms with van der Waals surface area (Å²) in [5.41, 5.74) is 5.75. The third-order valence-corrected chi connectivity index (χ3v) is 3.92. The standard InChI is InChI=1S/C13H25N3O2/c14-8-11-4-1-2-6-16(11)10-13(17)15-9-12-5-3-7-18-12/h11-12H,1-10,14H2,(H,15,17). The summed E-state index contributed by atoms with van der Waals surface area (Å²) in [5, 5.41) is 2.97. The van der Waals surface area contributed by atoms with Gasteiger partial charge in [0.15, 0.2) is 0 Å². The lowest BCUT2D eigenvalue weighted by molar-refractivity contribution is -0.123. The van der Waals surface area contributed by atoms with Crippen LogP contribution >= 0.6 is 0 Å². The minimum atomic E-state index is 0.103. The first kappa shape index (κ1) is 13.8. The summed E-state index contributed by atoms with van der Waals surface area (Å²) in [5.74, 6) is 0.103. The highest BCUT2D eigenvalue weighted by Crippen LogP contribution is 2.15. The maximum absolute atomic E-state index is 11.9. The third-order valence-electron chi connectivity index (χ3n) is 3.92. The zero-order valence-corrected chi connectivity index (χ0v) is 11.1. The number of carbonyl (C=O) groups is 1. The molecule has 0 spiro atoms. The fourth-order valence-corrected chi connectivity index (χ4v) is 2.81. The molecule has 18 heavy (non-hydrogen) atoms. The van der Waals surface area contributed by atoms with Crippen LogP contribution in [0.3, 0.4) is 0 Å². The van der Waals surface area contributed by atoms with Gasteiger partial charge in [0, 0.05) is 25.7 Å². The summed E-state index contributed by atoms with van der Waals surface area (Å²) in [7, 11) is 0. The summed E-state index contributed by atoms with van der Waals surface area (Å²) >= 11 is 0. The van der Waals surface area contributed by atoms with Gasteiger partial charge in [-0.3, -0.25) is 9.69 Å². The van der Waals surface area contributed by atoms with Crippen molar-refractivity contribution >= 4 is 5.91 Å². The highest BCUT2D eigenvalue weighted by molar-refractivity contribution is 5.78. The maximum atomic E-state index is 11.9. The number of nitrogens with two attached hydrogens (primary N) is 1. The van der Waals surface area contributed by atoms with E-state index in [1.54, 1.807) is 0 Å². The minimum Gasteiger partial charge on any atom is -0.376 e. The van der Waals surface area contributed by atoms with Crippen molar-refractivity contribution in [2.45, 2.75) is 44.2 Å². The van der Waals surface area contributed by atoms with E-state index in [2.05, 4.69) is 10.2 Å². The summed E-state index contributed by atoms with van der Waals surface area (Å²) in [6, 6.07) is 0.382. The van der Waals surface area contributed by atoms with Crippen LogP contribution in [0.5, 0.6) is 0 Å². The average Bonchev–Trinajstić information content (AvgIpc) is 2.90. The van der Waals surface area contributed by atoms with E-state index in [0.717, 1.165) is 32.4 Å². The minimum absolute atomic E-state index is 0.103. The molecule has 2 heterocycles. The monoisotopic (exact) mass is 255 g/mol. The highest BCUT2D eigenvalue weighted by atomic mass is 16.5. The Labute approximate surface area is 109 Å². The summed E-state index contributed by atoms with van der Waals surface area (Å²) in [6.45, 7) is 3.62. The molecule has 5 nitrogen and oxygen atoms in total. The van der Waals surface area contributed by atoms with Gasteiger partial charge in [0.2, 0.25) is 5.91 Å². The second-order valence-corrected chi connectivity index (χ2v) is 5.29. The molecule has 104 valence electrons. The van der Waals surface area contributed by atoms with E-state index in [0.29, 0.717) is 25.7 Å². The van der Waals surface area contributed by atoms with Crippen LogP contribution in [0.15, 0.2) is 0 Å². The molecule has 2 saturated heterocycles. The van der Waals surface area contributed by atoms with Crippen molar-refractivity contribution < 1.29 is 9.53 Å². The van der Waals surface area contributed by atoms with Crippen LogP contribution in [0.1, 0.15) is 32.1 Å². The largest absolute Gasteiger partial charge is 0.376 e. The number of hydrogen-bond donors (Lipinski definition) is 2. The van der Waals surface area contributed by atoms with Crippen molar-refractivity contribution in [1.29, 1.82) is 0 Å². The maximum Gasteiger partial charge on any atom is 0.234 e. The van der Waals surface area contributed by atoms with Crippen LogP contribution in [0.25, 0.3) is 0 Å². The zero-order chi connectivity index (χ0) is 12.8. The number of ether oxygens (including phenoxy) is 1. The number of nitrogens with one attached hydrogen (secondary N) is 1. The van der Waals surface area contributed by atoms with E-state index in [-0.39, 0.29) is 12.0 Å². The van der Waals surface area contributed by atoms with Crippen molar-refractivity contribution in [2.75, 3.05) is 32.8 Å². The lowest BCUT2D eigenvalue weighted by Crippen LogP contribution is -2.49. The van der Waals surface area contributed by atoms with E-state index >= 15 is 0 Å². The Bertz CT molecular complexity index is 267. The zero-order valence-electron chi connectivity index (χ0n) is 11.1. The number of hydrogen-bond acceptors (Lipinski definition) is 4. The lowest BCUT2D eigenvalue weighted by atomic mass is 10.0. The van der Waals surface area contributed by atoms with Crippen molar-refractivity contribution in [3.8, 4) is 0 Å². The Morgan fingerprint density at radius 1 is 1.33 bits per heavy atom. The van der Waals surface area contributed by atoms with Crippen LogP contribution in [-0.2, 0) is 9.53 Å². The molecule has 0 aromatic heterocycles. The molecule has 0 aliphatic carbocycles. The molecule has 2 rings (SSSR count). The van der Waals surface area contributed by atoms with Gasteiger partial charge in [-0.2, -0.15) is 0 Å². The molecule has 0 saturated carbocycles. The molecule has 2 aliphatic rings. The number of piperidine rings is 1. The third kappa shape index (κ3) is 3.93. The smallest absolute Gasteiger partial charge is 0.234 e. The first-order valence-electron chi connectivity index (χ1n) is 7.12. The Hall–Kier alpha value is -0.650. The van der Waals surface area contributed by atoms with Crippen LogP contribution in [-0.4, -0.2) is 55.7 Å². The number of carbonyl (C=O) groups excluding carboxylic acids is 1. The van der Waals surface area contributed by atoms with E-state index in [4.69, 9.17) is 10.5 Å². The summed E-state index contributed by atoms with van der Waals surface area (Å²) in [6.07, 6.45) is 5.93. The van der Waals surface area contributed by atoms with Gasteiger partial charge in [-0.1, -0.05) is 6.42 Å². The average molecular weight is 255 g/mol. The van der Waals surface area contributed by atoms with Crippen LogP contribution in [0, 0.1) is 0 Å². The number of amides is 1. The van der Waals surface area contributed by atoms with Gasteiger partial charge < -0.3 is 15.8 Å². The molecular weight excluding hydrogens is 230 g/mol. The van der Waals surface area contributed by atoms with Crippen molar-refractivity contribution in [3.05, 3.63) is 0 Å². The van der Waals surface area contributed by atoms with E-state index < -0.39 is 0 Å². The SMILES string of the molecule is NCC1CCCCN1CC(=O)NCC1CCCO1. The molecule has 0 aromatic rings. The molecule has 0 radical (unpaired) electrons. The highest BCUT2D eigenvalue weighted by Gasteiger charge is 2.23. The van der Waals surface area contributed by atoms with E-state index in [1.165, 1.54) is 12.8 Å². The van der Waals surface area contributed by atoms with Crippen molar-refractivity contribution in [2.24, 2.45) is 5.73 Å². The van der Waals surface area contributed by atoms with Gasteiger partial charge >= 0.3 is 0 Å². The van der Waals surface area contributed by atoms with E-state index in [9.17, 15) is 4.79 Å². The molecule has 3 N–H and O–H groups in total. The van der Waals surface area contributed by atoms with Gasteiger partial charge in [-0.15, -0.1) is 0 Å². The number of likely N-dealkylation sites (tertiary alicyclic amines) is 1. The lowest BCUT2D eigenvalue weighted by Gasteiger charge is -2.34. The van der Waals surface area contributed by atoms with Gasteiger partial charge in [0.25, 0.3) is 0 Å². The molecule has 0 bridgehead atoms. The quantitative estimate of drug-likeness (QED) is 0.731. The van der Waals surface area contributed by atoms with Crippen molar-refractivity contribution in [3.63, 3.8) is 0 Å². The van der Waals surface area contributed by atoms with Gasteiger partial charge in [0.05, 0.1) is 12.6 Å². The van der Waals surface area contributed by atoms with Crippen LogP contribution < -0.4 is 11.1 Å². The molecule has 2 fully saturated rings. The van der Waals surface area contributed by atoms with Crippen molar-refractivity contribution in [1.82, 2.24) is 10.2 Å². The fourth-order valence-electron chi connectivity index (χ4n) is 2.81. The van der Waals surface area contributed by atoms with Gasteiger partial charge in [-0.25, -0.2) is 0 Å². The van der Waals surface area contributed by atoms with Gasteiger partial charge in [0.1, 0.15) is 0 Å². The molecule has 2 aliphatic heterocycles. The molecular formula is C13H25N3O2. The molecule has 2 unspecified atom stereocenters. The molecule has 1 amide bonds. The Balaban J connectivity index is 1.68. The Morgan fingerprint density at radius 3 is 2.94 bits per heavy atom. The molecule has 0 aromatic carbocycles. The van der Waals surface area contributed by atoms with Gasteiger partial charge in [-0.05, 0) is 32.2 Å².